The number of nitrogens with one attached hydrogen (secondary N) is 10. The van der Waals surface area contributed by atoms with Crippen LogP contribution < -0.4 is 85.7 Å². The average Bonchev–Trinajstić information content (AvgIpc) is 1.65. The molecule has 9 atom stereocenters. The number of esters is 1. The molecule has 0 amide bonds. The molecule has 50 nitrogen and oxygen atoms in total. The predicted octanol–water partition coefficient (Wildman–Crippen LogP) is 1.84. The second-order valence-corrected chi connectivity index (χ2v) is 43.1. The standard InChI is InChI=1S/C18H23N7O2.C16H20BrN7O.C16H21N7O.C15H19BrN8.C14H17N7O2S.C14H17N7OS/c1-11(26)27-10-14-4-3-12(6-20-14)16-5-17(19)25-18(23-16)15(8-22-25)13-7-21-24(2)9-13;1-23-7-10(5-20-23)12-6-21-24-15(18)13(17)14(22-16(12)24)9-2-3-11(8-25)19-4-9;1-22-8-11(6-19-22)13-7-20-23-15(17)4-14(21-16(13)23)10-2-3-12(9-24)18-5-10;1-23-8-10(6-20-23)11-7-21-24-14(17)12(16)13(22-15(11)24)9-4-18-2-3-19-5-9;1-20-8-9(5-17-20)10-6-18-21-13(15)4-11(19-14(10)21)12-7-16-2-3-24(12,22)23;1-20-8-9(5-17-20)10-6-18-21-13(15)4-11(19-14(10)21)12-7-16-2-3-23(12)22/h5,7-9,12,14,20H,3-4,6,10,19H2,1-2H3;5-7,9,11,19,25H,2-4,8,18H2,1H3;4,6-8,10,12,18,24H,2-3,5,9,17H2,1H3;6-9,18-19H,2-5H2,1H3,(H2,17,21,22);4-6,8,12,16H,2-3,7H2,1H3,(H2,15,18,19);4-6,8,12,16H,2-3,7H2,1H3,(H2,15,18,19)/p+3/t12-,14-;9-,11-;10-,12-;;;/m000.../s1. The van der Waals surface area contributed by atoms with Gasteiger partial charge in [0.25, 0.3) is 0 Å². The number of nitrogens with two attached hydrogens (primary N) is 6. The maximum absolute atomic E-state index is 12.4. The fourth-order valence-electron chi connectivity index (χ4n) is 19.1. The van der Waals surface area contributed by atoms with Gasteiger partial charge in [-0.25, -0.2) is 38.3 Å². The molecule has 24 rings (SSSR count). The molecule has 0 radical (unpaired) electrons. The number of nitrogens with zero attached hydrogens (tertiary/aromatic N) is 27. The van der Waals surface area contributed by atoms with E-state index < -0.39 is 25.9 Å². The van der Waals surface area contributed by atoms with E-state index in [-0.39, 0.29) is 72.0 Å². The molecule has 147 heavy (non-hydrogen) atoms. The molecule has 3 unspecified atom stereocenters. The number of piperidine rings is 3. The number of carbonyl (C=O) groups is 1. The van der Waals surface area contributed by atoms with Gasteiger partial charge in [0, 0.05) is 235 Å². The lowest BCUT2D eigenvalue weighted by atomic mass is 9.92. The van der Waals surface area contributed by atoms with E-state index in [0.717, 1.165) is 218 Å². The number of anilines is 6. The van der Waals surface area contributed by atoms with Crippen LogP contribution >= 0.6 is 31.9 Å². The molecule has 24 N–H and O–H groups in total. The van der Waals surface area contributed by atoms with Crippen molar-refractivity contribution in [3.8, 4) is 66.8 Å². The Balaban J connectivity index is 0.000000111. The Labute approximate surface area is 861 Å². The number of nitrogen functional groups attached to an aromatic ring is 6. The zero-order valence-electron chi connectivity index (χ0n) is 82.0. The van der Waals surface area contributed by atoms with Crippen molar-refractivity contribution in [1.82, 2.24) is 169 Å². The lowest BCUT2D eigenvalue weighted by Crippen LogP contribution is -2.41. The van der Waals surface area contributed by atoms with Crippen molar-refractivity contribution in [3.05, 3.63) is 179 Å². The number of aromatic amines is 3. The van der Waals surface area contributed by atoms with Crippen molar-refractivity contribution < 1.29 is 46.4 Å². The molecule has 6 aliphatic rings. The molecule has 0 bridgehead atoms. The SMILES string of the molecule is CC(=O)OC[C@@H]1CC[C@H](c2cc(N)n3ncc(-c4cnn(C)c4)c3n2)CN1.C[n+]1cc(-c2cnn3c(N)c(Br)c(C4CNCCNC4)nc23)c[nH]1.C[n+]1cc(-c2cnn3c(N)cc(C4CNCCS4(=O)=O)nc23)c[nH]1.C[n+]1cc(-c2cnn3c(N)cc(C4CNCCS4=O)nc23)c[nH]1.Cn1cc(-c2cnn3c(N)c(Br)c([C@H]4CC[C@@H](CO)NC4)nc23)cn1.Cn1cc(-c2cnn3c(N)cc([C@H]4CC[C@@H](CO)NC4)nc23)cn1. The van der Waals surface area contributed by atoms with E-state index in [0.29, 0.717) is 83.9 Å². The lowest BCUT2D eigenvalue weighted by Gasteiger charge is -2.29. The summed E-state index contributed by atoms with van der Waals surface area (Å²) in [7, 11) is 7.20. The van der Waals surface area contributed by atoms with Crippen molar-refractivity contribution in [1.29, 1.82) is 0 Å². The summed E-state index contributed by atoms with van der Waals surface area (Å²) in [5.41, 5.74) is 57.7. The second-order valence-electron chi connectivity index (χ2n) is 37.4. The van der Waals surface area contributed by atoms with Crippen LogP contribution in [0.4, 0.5) is 34.9 Å². The third-order valence-electron chi connectivity index (χ3n) is 27.1. The second kappa shape index (κ2) is 43.9. The molecule has 24 heterocycles. The largest absolute Gasteiger partial charge is 0.464 e. The van der Waals surface area contributed by atoms with Crippen molar-refractivity contribution in [2.75, 3.05) is 138 Å². The van der Waals surface area contributed by atoms with Gasteiger partial charge in [0.2, 0.25) is 18.6 Å². The normalized spacial score (nSPS) is 20.2. The van der Waals surface area contributed by atoms with Gasteiger partial charge >= 0.3 is 5.97 Å². The fourth-order valence-corrected chi connectivity index (χ4v) is 23.1. The zero-order chi connectivity index (χ0) is 103. The third kappa shape index (κ3) is 21.9. The fraction of sp³-hybridized carbons (Fsp3) is 0.409. The molecule has 0 spiro atoms. The van der Waals surface area contributed by atoms with Crippen molar-refractivity contribution in [2.45, 2.75) is 97.7 Å². The van der Waals surface area contributed by atoms with Gasteiger partial charge in [-0.05, 0) is 70.4 Å². The number of fused-ring (bicyclic) bond motifs is 6. The first-order valence-corrected chi connectivity index (χ1v) is 53.0. The van der Waals surface area contributed by atoms with E-state index in [1.165, 1.54) is 11.4 Å². The number of sulfone groups is 1. The number of aliphatic hydroxyl groups excluding tert-OH is 2. The number of carbonyl (C=O) groups excluding carboxylic acids is 1. The predicted molar refractivity (Wildman–Crippen MR) is 558 cm³/mol. The van der Waals surface area contributed by atoms with Crippen LogP contribution in [0.3, 0.4) is 0 Å². The molecule has 6 fully saturated rings. The van der Waals surface area contributed by atoms with E-state index in [2.05, 4.69) is 135 Å². The van der Waals surface area contributed by atoms with Crippen LogP contribution in [0.5, 0.6) is 0 Å². The van der Waals surface area contributed by atoms with Crippen molar-refractivity contribution in [3.63, 3.8) is 0 Å². The first-order valence-electron chi connectivity index (χ1n) is 48.3. The van der Waals surface area contributed by atoms with Crippen molar-refractivity contribution in [2.24, 2.45) is 42.3 Å². The number of aryl methyl sites for hydroxylation is 6. The minimum Gasteiger partial charge on any atom is -0.464 e. The number of rotatable bonds is 16. The molecule has 54 heteroatoms. The molecule has 0 aliphatic carbocycles. The van der Waals surface area contributed by atoms with Crippen molar-refractivity contribution >= 4 is 127 Å². The van der Waals surface area contributed by atoms with E-state index in [1.807, 2.05) is 130 Å². The summed E-state index contributed by atoms with van der Waals surface area (Å²) in [5.74, 6) is 4.63. The minimum atomic E-state index is -3.24. The van der Waals surface area contributed by atoms with Crippen LogP contribution in [-0.4, -0.2) is 282 Å². The molecular formula is C93H120Br2N43O7S2+3. The van der Waals surface area contributed by atoms with Crippen LogP contribution in [0, 0.1) is 0 Å². The maximum Gasteiger partial charge on any atom is 0.302 e. The summed E-state index contributed by atoms with van der Waals surface area (Å²) in [5, 5.41) is 89.2. The Kier molecular flexibility index (Phi) is 30.4. The number of aromatic nitrogens is 30. The van der Waals surface area contributed by atoms with Gasteiger partial charge in [-0.2, -0.15) is 88.3 Å². The van der Waals surface area contributed by atoms with Crippen LogP contribution in [0.2, 0.25) is 0 Å². The zero-order valence-corrected chi connectivity index (χ0v) is 86.8. The van der Waals surface area contributed by atoms with Gasteiger partial charge in [-0.3, -0.25) is 23.0 Å². The van der Waals surface area contributed by atoms with Crippen LogP contribution in [0.25, 0.3) is 101 Å². The molecular weight excluding hydrogens is 2060 g/mol. The summed E-state index contributed by atoms with van der Waals surface area (Å²) >= 11 is 7.21. The van der Waals surface area contributed by atoms with Gasteiger partial charge in [0.1, 0.15) is 46.8 Å². The highest BCUT2D eigenvalue weighted by Gasteiger charge is 2.36. The van der Waals surface area contributed by atoms with E-state index >= 15 is 0 Å². The monoisotopic (exact) mass is 2170 g/mol. The van der Waals surface area contributed by atoms with Gasteiger partial charge in [-0.1, -0.05) is 0 Å². The first-order chi connectivity index (χ1) is 71.0. The molecule has 18 aromatic heterocycles. The summed E-state index contributed by atoms with van der Waals surface area (Å²) in [6.07, 6.45) is 38.9. The summed E-state index contributed by atoms with van der Waals surface area (Å²) in [6.45, 7) is 10.4. The minimum absolute atomic E-state index is 0.101. The maximum atomic E-state index is 12.4. The molecule has 0 saturated carbocycles. The Hall–Kier alpha value is -14.1. The number of ether oxygens (including phenoxy) is 1. The summed E-state index contributed by atoms with van der Waals surface area (Å²) in [4.78, 5) is 39.8. The Morgan fingerprint density at radius 2 is 0.782 bits per heavy atom. The topological polar surface area (TPSA) is 652 Å². The highest BCUT2D eigenvalue weighted by atomic mass is 79.9. The molecule has 6 saturated heterocycles. The van der Waals surface area contributed by atoms with Crippen LogP contribution in [0.1, 0.15) is 114 Å². The first kappa shape index (κ1) is 102. The van der Waals surface area contributed by atoms with E-state index in [1.54, 1.807) is 98.3 Å². The Bertz CT molecular complexity index is 7910. The molecule has 0 aromatic carbocycles. The number of aliphatic hydroxyl groups is 2. The summed E-state index contributed by atoms with van der Waals surface area (Å²) in [6, 6.07) is 7.70. The summed E-state index contributed by atoms with van der Waals surface area (Å²) < 4.78 is 64.4. The van der Waals surface area contributed by atoms with Crippen LogP contribution in [0.15, 0.2) is 145 Å². The van der Waals surface area contributed by atoms with E-state index in [4.69, 9.17) is 64.1 Å². The van der Waals surface area contributed by atoms with Gasteiger partial charge in [-0.15, -0.1) is 14.0 Å². The van der Waals surface area contributed by atoms with Gasteiger partial charge in [0.15, 0.2) is 64.9 Å². The Morgan fingerprint density at radius 1 is 0.429 bits per heavy atom. The third-order valence-corrected chi connectivity index (χ3v) is 32.4. The molecule has 18 aromatic rings. The highest BCUT2D eigenvalue weighted by molar-refractivity contribution is 9.11. The quantitative estimate of drug-likeness (QED) is 0.0485. The molecule has 6 aliphatic heterocycles. The molecule has 772 valence electrons. The smallest absolute Gasteiger partial charge is 0.302 e. The number of hydrogen-bond acceptors (Lipinski definition) is 35. The number of halogens is 2. The number of H-pyrrole nitrogens is 3. The van der Waals surface area contributed by atoms with E-state index in [9.17, 15) is 27.6 Å². The average molecular weight is 2180 g/mol. The lowest BCUT2D eigenvalue weighted by molar-refractivity contribution is -0.726. The van der Waals surface area contributed by atoms with Gasteiger partial charge in [0.05, 0.1) is 175 Å². The Morgan fingerprint density at radius 3 is 1.15 bits per heavy atom. The van der Waals surface area contributed by atoms with Gasteiger partial charge < -0.3 is 86.6 Å². The number of hydrogen-bond donors (Lipinski definition) is 18. The van der Waals surface area contributed by atoms with Crippen LogP contribution in [-0.2, 0) is 72.5 Å². The highest BCUT2D eigenvalue weighted by Crippen LogP contribution is 2.40.